The summed E-state index contributed by atoms with van der Waals surface area (Å²) in [5, 5.41) is 13.9. The maximum atomic E-state index is 9.44. The lowest BCUT2D eigenvalue weighted by atomic mass is 9.91. The Morgan fingerprint density at radius 1 is 1.50 bits per heavy atom. The van der Waals surface area contributed by atoms with E-state index in [-0.39, 0.29) is 5.54 Å². The van der Waals surface area contributed by atoms with Crippen molar-refractivity contribution in [1.29, 1.82) is 5.26 Å². The minimum Gasteiger partial charge on any atom is -0.297 e. The number of halogens is 1. The molecule has 0 bridgehead atoms. The third-order valence-electron chi connectivity index (χ3n) is 3.08. The normalized spacial score (nSPS) is 14.0. The SMILES string of the molecule is CCC(C#N)(CCCSc1ccc(Br)cn1)NC(C)C. The molecule has 0 saturated heterocycles. The number of aromatic nitrogens is 1. The molecule has 0 fully saturated rings. The van der Waals surface area contributed by atoms with E-state index in [1.165, 1.54) is 0 Å². The van der Waals surface area contributed by atoms with Crippen molar-refractivity contribution in [2.75, 3.05) is 5.75 Å². The molecule has 0 aromatic carbocycles. The quantitative estimate of drug-likeness (QED) is 0.554. The molecule has 1 unspecified atom stereocenters. The van der Waals surface area contributed by atoms with Gasteiger partial charge in [-0.05, 0) is 66.9 Å². The fraction of sp³-hybridized carbons (Fsp3) is 0.600. The molecule has 1 heterocycles. The molecule has 1 aromatic heterocycles. The van der Waals surface area contributed by atoms with Crippen LogP contribution in [0.2, 0.25) is 0 Å². The molecule has 0 spiro atoms. The first-order valence-electron chi connectivity index (χ1n) is 6.94. The molecule has 1 N–H and O–H groups in total. The fourth-order valence-electron chi connectivity index (χ4n) is 2.07. The zero-order chi connectivity index (χ0) is 15.0. The van der Waals surface area contributed by atoms with Gasteiger partial charge in [0.1, 0.15) is 5.54 Å². The zero-order valence-electron chi connectivity index (χ0n) is 12.3. The third kappa shape index (κ3) is 5.82. The van der Waals surface area contributed by atoms with Crippen molar-refractivity contribution in [2.24, 2.45) is 0 Å². The summed E-state index contributed by atoms with van der Waals surface area (Å²) in [5.74, 6) is 0.984. The molecule has 0 radical (unpaired) electrons. The monoisotopic (exact) mass is 355 g/mol. The first-order chi connectivity index (χ1) is 9.51. The summed E-state index contributed by atoms with van der Waals surface area (Å²) < 4.78 is 0.998. The smallest absolute Gasteiger partial charge is 0.106 e. The van der Waals surface area contributed by atoms with E-state index in [9.17, 15) is 5.26 Å². The van der Waals surface area contributed by atoms with E-state index in [1.54, 1.807) is 11.8 Å². The third-order valence-corrected chi connectivity index (χ3v) is 4.58. The molecule has 0 aliphatic heterocycles. The van der Waals surface area contributed by atoms with Crippen LogP contribution in [-0.4, -0.2) is 22.3 Å². The Bertz CT molecular complexity index is 441. The van der Waals surface area contributed by atoms with Crippen molar-refractivity contribution < 1.29 is 0 Å². The Morgan fingerprint density at radius 3 is 2.75 bits per heavy atom. The zero-order valence-corrected chi connectivity index (χ0v) is 14.7. The van der Waals surface area contributed by atoms with Gasteiger partial charge in [-0.25, -0.2) is 4.98 Å². The lowest BCUT2D eigenvalue weighted by Crippen LogP contribution is -2.47. The van der Waals surface area contributed by atoms with Crippen molar-refractivity contribution in [3.8, 4) is 6.07 Å². The standard InChI is InChI=1S/C15H22BrN3S/c1-4-15(11-17,19-12(2)3)8-5-9-20-14-7-6-13(16)10-18-14/h6-7,10,12,19H,4-5,8-9H2,1-3H3. The summed E-state index contributed by atoms with van der Waals surface area (Å²) in [6, 6.07) is 6.80. The summed E-state index contributed by atoms with van der Waals surface area (Å²) in [5.41, 5.74) is -0.387. The molecule has 0 amide bonds. The largest absolute Gasteiger partial charge is 0.297 e. The number of nitrogens with one attached hydrogen (secondary N) is 1. The highest BCUT2D eigenvalue weighted by Gasteiger charge is 2.27. The molecule has 1 rings (SSSR count). The van der Waals surface area contributed by atoms with Gasteiger partial charge in [0.2, 0.25) is 0 Å². The molecule has 0 saturated carbocycles. The van der Waals surface area contributed by atoms with Gasteiger partial charge in [0.25, 0.3) is 0 Å². The average molecular weight is 356 g/mol. The summed E-state index contributed by atoms with van der Waals surface area (Å²) in [4.78, 5) is 4.34. The maximum absolute atomic E-state index is 9.44. The average Bonchev–Trinajstić information content (AvgIpc) is 2.44. The minimum absolute atomic E-state index is 0.329. The molecular weight excluding hydrogens is 334 g/mol. The Labute approximate surface area is 134 Å². The highest BCUT2D eigenvalue weighted by atomic mass is 79.9. The van der Waals surface area contributed by atoms with E-state index in [2.05, 4.69) is 53.1 Å². The molecule has 0 aliphatic carbocycles. The highest BCUT2D eigenvalue weighted by molar-refractivity contribution is 9.10. The number of rotatable bonds is 8. The molecule has 0 aliphatic rings. The van der Waals surface area contributed by atoms with Gasteiger partial charge in [0, 0.05) is 16.7 Å². The first kappa shape index (κ1) is 17.5. The summed E-state index contributed by atoms with van der Waals surface area (Å²) in [6.07, 6.45) is 4.53. The summed E-state index contributed by atoms with van der Waals surface area (Å²) >= 11 is 5.12. The number of hydrogen-bond donors (Lipinski definition) is 1. The van der Waals surface area contributed by atoms with Gasteiger partial charge in [-0.15, -0.1) is 11.8 Å². The second-order valence-corrected chi connectivity index (χ2v) is 7.14. The topological polar surface area (TPSA) is 48.7 Å². The van der Waals surface area contributed by atoms with Gasteiger partial charge in [-0.3, -0.25) is 5.32 Å². The predicted molar refractivity (Wildman–Crippen MR) is 88.8 cm³/mol. The Morgan fingerprint density at radius 2 is 2.25 bits per heavy atom. The Kier molecular flexibility index (Phi) is 7.57. The maximum Gasteiger partial charge on any atom is 0.106 e. The number of thioether (sulfide) groups is 1. The summed E-state index contributed by atoms with van der Waals surface area (Å²) in [7, 11) is 0. The van der Waals surface area contributed by atoms with Gasteiger partial charge in [0.15, 0.2) is 0 Å². The van der Waals surface area contributed by atoms with Crippen molar-refractivity contribution in [2.45, 2.75) is 56.6 Å². The minimum atomic E-state index is -0.387. The predicted octanol–water partition coefficient (Wildman–Crippen LogP) is 4.39. The van der Waals surface area contributed by atoms with Gasteiger partial charge in [0.05, 0.1) is 11.1 Å². The van der Waals surface area contributed by atoms with E-state index < -0.39 is 0 Å². The number of pyridine rings is 1. The van der Waals surface area contributed by atoms with Crippen LogP contribution >= 0.6 is 27.7 Å². The van der Waals surface area contributed by atoms with E-state index in [4.69, 9.17) is 0 Å². The van der Waals surface area contributed by atoms with Crippen molar-refractivity contribution in [3.05, 3.63) is 22.8 Å². The molecule has 1 atom stereocenters. The van der Waals surface area contributed by atoms with Crippen LogP contribution in [0, 0.1) is 11.3 Å². The van der Waals surface area contributed by atoms with Crippen LogP contribution in [0.25, 0.3) is 0 Å². The molecule has 20 heavy (non-hydrogen) atoms. The van der Waals surface area contributed by atoms with E-state index in [0.29, 0.717) is 6.04 Å². The second kappa shape index (κ2) is 8.66. The van der Waals surface area contributed by atoms with E-state index in [1.807, 2.05) is 18.3 Å². The molecular formula is C15H22BrN3S. The number of hydrogen-bond acceptors (Lipinski definition) is 4. The van der Waals surface area contributed by atoms with Crippen LogP contribution in [0.1, 0.15) is 40.0 Å². The van der Waals surface area contributed by atoms with Crippen LogP contribution in [0.3, 0.4) is 0 Å². The second-order valence-electron chi connectivity index (χ2n) is 5.11. The lowest BCUT2D eigenvalue weighted by molar-refractivity contribution is 0.341. The Balaban J connectivity index is 2.41. The highest BCUT2D eigenvalue weighted by Crippen LogP contribution is 2.23. The summed E-state index contributed by atoms with van der Waals surface area (Å²) in [6.45, 7) is 6.24. The number of nitriles is 1. The molecule has 3 nitrogen and oxygen atoms in total. The molecule has 1 aromatic rings. The van der Waals surface area contributed by atoms with E-state index >= 15 is 0 Å². The van der Waals surface area contributed by atoms with E-state index in [0.717, 1.165) is 34.5 Å². The van der Waals surface area contributed by atoms with Gasteiger partial charge in [-0.1, -0.05) is 6.92 Å². The number of nitrogens with zero attached hydrogens (tertiary/aromatic N) is 2. The van der Waals surface area contributed by atoms with Crippen molar-refractivity contribution >= 4 is 27.7 Å². The van der Waals surface area contributed by atoms with Crippen LogP contribution < -0.4 is 5.32 Å². The van der Waals surface area contributed by atoms with Gasteiger partial charge >= 0.3 is 0 Å². The van der Waals surface area contributed by atoms with Crippen LogP contribution in [-0.2, 0) is 0 Å². The molecule has 5 heteroatoms. The first-order valence-corrected chi connectivity index (χ1v) is 8.72. The fourth-order valence-corrected chi connectivity index (χ4v) is 3.09. The Hall–Kier alpha value is -0.570. The van der Waals surface area contributed by atoms with Crippen LogP contribution in [0.4, 0.5) is 0 Å². The van der Waals surface area contributed by atoms with Crippen molar-refractivity contribution in [3.63, 3.8) is 0 Å². The lowest BCUT2D eigenvalue weighted by Gasteiger charge is -2.29. The van der Waals surface area contributed by atoms with Crippen LogP contribution in [0.15, 0.2) is 27.8 Å². The van der Waals surface area contributed by atoms with Crippen molar-refractivity contribution in [1.82, 2.24) is 10.3 Å². The molecule has 110 valence electrons. The van der Waals surface area contributed by atoms with Crippen LogP contribution in [0.5, 0.6) is 0 Å². The van der Waals surface area contributed by atoms with Gasteiger partial charge in [-0.2, -0.15) is 5.26 Å². The van der Waals surface area contributed by atoms with Gasteiger partial charge < -0.3 is 0 Å².